The van der Waals surface area contributed by atoms with Crippen LogP contribution < -0.4 is 15.4 Å². The number of nitrogens with one attached hydrogen (secondary N) is 2. The number of benzene rings is 1. The summed E-state index contributed by atoms with van der Waals surface area (Å²) in [5, 5.41) is 6.99. The van der Waals surface area contributed by atoms with Crippen LogP contribution in [0.15, 0.2) is 18.2 Å². The second kappa shape index (κ2) is 6.92. The van der Waals surface area contributed by atoms with Crippen molar-refractivity contribution in [2.75, 3.05) is 26.7 Å². The molecule has 106 valence electrons. The Bertz CT molecular complexity index is 398. The lowest BCUT2D eigenvalue weighted by molar-refractivity contribution is 0.408. The summed E-state index contributed by atoms with van der Waals surface area (Å²) >= 11 is 0. The summed E-state index contributed by atoms with van der Waals surface area (Å²) in [4.78, 5) is 0. The first kappa shape index (κ1) is 14.4. The molecule has 1 atom stereocenters. The molecule has 0 radical (unpaired) electrons. The molecule has 2 rings (SSSR count). The maximum Gasteiger partial charge on any atom is 0.122 e. The maximum atomic E-state index is 5.46. The van der Waals surface area contributed by atoms with E-state index in [0.717, 1.165) is 31.8 Å². The largest absolute Gasteiger partial charge is 0.496 e. The summed E-state index contributed by atoms with van der Waals surface area (Å²) in [7, 11) is 1.75. The fourth-order valence-corrected chi connectivity index (χ4v) is 2.59. The zero-order valence-corrected chi connectivity index (χ0v) is 12.3. The fraction of sp³-hybridized carbons (Fsp3) is 0.625. The molecule has 1 aliphatic rings. The van der Waals surface area contributed by atoms with Crippen molar-refractivity contribution >= 4 is 0 Å². The van der Waals surface area contributed by atoms with E-state index >= 15 is 0 Å². The molecular formula is C16H26N2O. The molecule has 0 saturated carbocycles. The Labute approximate surface area is 116 Å². The Hall–Kier alpha value is -1.06. The highest BCUT2D eigenvalue weighted by Gasteiger charge is 2.13. The molecule has 3 nitrogen and oxygen atoms in total. The Balaban J connectivity index is 1.94. The fourth-order valence-electron chi connectivity index (χ4n) is 2.59. The van der Waals surface area contributed by atoms with Gasteiger partial charge in [-0.25, -0.2) is 0 Å². The number of hydrogen-bond acceptors (Lipinski definition) is 3. The molecule has 1 saturated heterocycles. The van der Waals surface area contributed by atoms with Crippen LogP contribution in [0, 0.1) is 0 Å². The van der Waals surface area contributed by atoms with Gasteiger partial charge in [-0.1, -0.05) is 26.0 Å². The average molecular weight is 262 g/mol. The molecule has 1 heterocycles. The van der Waals surface area contributed by atoms with Gasteiger partial charge < -0.3 is 15.4 Å². The predicted molar refractivity (Wildman–Crippen MR) is 80.1 cm³/mol. The van der Waals surface area contributed by atoms with Gasteiger partial charge in [0.1, 0.15) is 5.75 Å². The molecule has 0 aliphatic carbocycles. The van der Waals surface area contributed by atoms with Crippen molar-refractivity contribution in [2.24, 2.45) is 0 Å². The van der Waals surface area contributed by atoms with Gasteiger partial charge in [0, 0.05) is 12.6 Å². The molecule has 1 aliphatic heterocycles. The summed E-state index contributed by atoms with van der Waals surface area (Å²) in [6, 6.07) is 7.19. The smallest absolute Gasteiger partial charge is 0.122 e. The first-order valence-electron chi connectivity index (χ1n) is 7.31. The minimum atomic E-state index is 0.566. The summed E-state index contributed by atoms with van der Waals surface area (Å²) in [6.45, 7) is 7.72. The van der Waals surface area contributed by atoms with Gasteiger partial charge in [0.25, 0.3) is 0 Å². The highest BCUT2D eigenvalue weighted by atomic mass is 16.5. The van der Waals surface area contributed by atoms with Crippen molar-refractivity contribution in [2.45, 2.75) is 38.6 Å². The third-order valence-electron chi connectivity index (χ3n) is 3.86. The van der Waals surface area contributed by atoms with Crippen molar-refractivity contribution in [1.29, 1.82) is 0 Å². The molecule has 1 unspecified atom stereocenters. The highest BCUT2D eigenvalue weighted by Crippen LogP contribution is 2.24. The van der Waals surface area contributed by atoms with E-state index in [1.165, 1.54) is 17.5 Å². The van der Waals surface area contributed by atoms with Gasteiger partial charge >= 0.3 is 0 Å². The Morgan fingerprint density at radius 1 is 1.42 bits per heavy atom. The van der Waals surface area contributed by atoms with Crippen molar-refractivity contribution in [3.8, 4) is 5.75 Å². The second-order valence-corrected chi connectivity index (χ2v) is 5.62. The van der Waals surface area contributed by atoms with E-state index in [-0.39, 0.29) is 0 Å². The van der Waals surface area contributed by atoms with Gasteiger partial charge in [-0.3, -0.25) is 0 Å². The Kier molecular flexibility index (Phi) is 5.23. The number of ether oxygens (including phenoxy) is 1. The van der Waals surface area contributed by atoms with E-state index < -0.39 is 0 Å². The molecule has 19 heavy (non-hydrogen) atoms. The lowest BCUT2D eigenvalue weighted by Gasteiger charge is -2.15. The minimum Gasteiger partial charge on any atom is -0.496 e. The average Bonchev–Trinajstić information content (AvgIpc) is 2.91. The van der Waals surface area contributed by atoms with Gasteiger partial charge in [0.15, 0.2) is 0 Å². The zero-order valence-electron chi connectivity index (χ0n) is 12.3. The van der Waals surface area contributed by atoms with E-state index in [1.54, 1.807) is 7.11 Å². The summed E-state index contributed by atoms with van der Waals surface area (Å²) < 4.78 is 5.46. The third kappa shape index (κ3) is 3.95. The predicted octanol–water partition coefficient (Wildman–Crippen LogP) is 2.31. The van der Waals surface area contributed by atoms with Gasteiger partial charge in [0.05, 0.1) is 7.11 Å². The monoisotopic (exact) mass is 262 g/mol. The van der Waals surface area contributed by atoms with Gasteiger partial charge in [-0.05, 0) is 49.0 Å². The molecule has 0 spiro atoms. The van der Waals surface area contributed by atoms with Crippen LogP contribution in [0.2, 0.25) is 0 Å². The van der Waals surface area contributed by atoms with Gasteiger partial charge in [-0.2, -0.15) is 0 Å². The molecule has 3 heteroatoms. The summed E-state index contributed by atoms with van der Waals surface area (Å²) in [5.74, 6) is 1.58. The first-order chi connectivity index (χ1) is 9.20. The van der Waals surface area contributed by atoms with E-state index in [0.29, 0.717) is 12.0 Å². The van der Waals surface area contributed by atoms with Crippen LogP contribution in [0.3, 0.4) is 0 Å². The van der Waals surface area contributed by atoms with Crippen molar-refractivity contribution in [3.63, 3.8) is 0 Å². The number of rotatable bonds is 6. The Morgan fingerprint density at radius 2 is 2.26 bits per heavy atom. The second-order valence-electron chi connectivity index (χ2n) is 5.62. The summed E-state index contributed by atoms with van der Waals surface area (Å²) in [6.07, 6.45) is 2.27. The molecule has 0 bridgehead atoms. The van der Waals surface area contributed by atoms with Crippen LogP contribution >= 0.6 is 0 Å². The van der Waals surface area contributed by atoms with Crippen LogP contribution in [-0.2, 0) is 6.42 Å². The van der Waals surface area contributed by atoms with Crippen molar-refractivity contribution in [3.05, 3.63) is 29.3 Å². The maximum absolute atomic E-state index is 5.46. The zero-order chi connectivity index (χ0) is 13.7. The van der Waals surface area contributed by atoms with Crippen LogP contribution in [0.1, 0.15) is 37.3 Å². The van der Waals surface area contributed by atoms with Crippen LogP contribution in [0.5, 0.6) is 5.75 Å². The number of hydrogen-bond donors (Lipinski definition) is 2. The van der Waals surface area contributed by atoms with Crippen LogP contribution in [0.25, 0.3) is 0 Å². The highest BCUT2D eigenvalue weighted by molar-refractivity contribution is 5.38. The standard InChI is InChI=1S/C16H26N2O/c1-12(2)13-4-5-16(19-3)14(10-13)6-9-18-15-7-8-17-11-15/h4-5,10,12,15,17-18H,6-9,11H2,1-3H3. The number of methoxy groups -OCH3 is 1. The van der Waals surface area contributed by atoms with Gasteiger partial charge in [0.2, 0.25) is 0 Å². The van der Waals surface area contributed by atoms with Crippen molar-refractivity contribution < 1.29 is 4.74 Å². The first-order valence-corrected chi connectivity index (χ1v) is 7.31. The molecule has 0 amide bonds. The van der Waals surface area contributed by atoms with Crippen LogP contribution in [-0.4, -0.2) is 32.8 Å². The normalized spacial score (nSPS) is 19.1. The lowest BCUT2D eigenvalue weighted by atomic mass is 9.99. The third-order valence-corrected chi connectivity index (χ3v) is 3.86. The molecule has 1 fully saturated rings. The van der Waals surface area contributed by atoms with E-state index in [1.807, 2.05) is 0 Å². The molecular weight excluding hydrogens is 236 g/mol. The molecule has 0 aromatic heterocycles. The quantitative estimate of drug-likeness (QED) is 0.825. The van der Waals surface area contributed by atoms with Gasteiger partial charge in [-0.15, -0.1) is 0 Å². The lowest BCUT2D eigenvalue weighted by Crippen LogP contribution is -2.32. The topological polar surface area (TPSA) is 33.3 Å². The molecule has 1 aromatic rings. The molecule has 1 aromatic carbocycles. The summed E-state index contributed by atoms with van der Waals surface area (Å²) in [5.41, 5.74) is 2.70. The van der Waals surface area contributed by atoms with E-state index in [2.05, 4.69) is 42.7 Å². The van der Waals surface area contributed by atoms with Crippen molar-refractivity contribution in [1.82, 2.24) is 10.6 Å². The SMILES string of the molecule is COc1ccc(C(C)C)cc1CCNC1CCNC1. The molecule has 2 N–H and O–H groups in total. The Morgan fingerprint density at radius 3 is 2.89 bits per heavy atom. The van der Waals surface area contributed by atoms with E-state index in [9.17, 15) is 0 Å². The minimum absolute atomic E-state index is 0.566. The van der Waals surface area contributed by atoms with Crippen LogP contribution in [0.4, 0.5) is 0 Å². The van der Waals surface area contributed by atoms with E-state index in [4.69, 9.17) is 4.74 Å².